The Morgan fingerprint density at radius 3 is 2.94 bits per heavy atom. The third-order valence-corrected chi connectivity index (χ3v) is 4.12. The van der Waals surface area contributed by atoms with Crippen LogP contribution in [0.4, 0.5) is 5.69 Å². The van der Waals surface area contributed by atoms with Crippen molar-refractivity contribution in [3.05, 3.63) is 28.2 Å². The van der Waals surface area contributed by atoms with Gasteiger partial charge in [-0.25, -0.2) is 0 Å². The lowest BCUT2D eigenvalue weighted by molar-refractivity contribution is -0.117. The number of hydrogen-bond acceptors (Lipinski definition) is 3. The van der Waals surface area contributed by atoms with E-state index in [-0.39, 0.29) is 5.91 Å². The highest BCUT2D eigenvalue weighted by atomic mass is 79.9. The number of hydrogen-bond donors (Lipinski definition) is 2. The maximum Gasteiger partial charge on any atom is 0.241 e. The number of carbonyl (C=O) groups excluding carboxylic acids is 1. The lowest BCUT2D eigenvalue weighted by Gasteiger charge is -2.13. The van der Waals surface area contributed by atoms with Crippen LogP contribution in [0.2, 0.25) is 0 Å². The van der Waals surface area contributed by atoms with E-state index in [9.17, 15) is 4.79 Å². The molecule has 1 amide bonds. The largest absolute Gasteiger partial charge is 0.324 e. The predicted molar refractivity (Wildman–Crippen MR) is 78.5 cm³/mol. The molecule has 0 saturated carbocycles. The highest BCUT2D eigenvalue weighted by Crippen LogP contribution is 2.25. The van der Waals surface area contributed by atoms with E-state index in [0.717, 1.165) is 21.5 Å². The van der Waals surface area contributed by atoms with Crippen LogP contribution in [-0.2, 0) is 4.79 Å². The number of halogens is 1. The van der Waals surface area contributed by atoms with Gasteiger partial charge in [0.1, 0.15) is 0 Å². The van der Waals surface area contributed by atoms with Gasteiger partial charge in [-0.1, -0.05) is 12.1 Å². The first-order chi connectivity index (χ1) is 8.06. The molecule has 17 heavy (non-hydrogen) atoms. The summed E-state index contributed by atoms with van der Waals surface area (Å²) in [6.45, 7) is 1.98. The number of anilines is 1. The summed E-state index contributed by atoms with van der Waals surface area (Å²) in [7, 11) is 0. The number of nitrogens with one attached hydrogen (secondary N) is 1. The van der Waals surface area contributed by atoms with E-state index in [1.54, 1.807) is 11.8 Å². The molecule has 0 saturated heterocycles. The Labute approximate surface area is 115 Å². The summed E-state index contributed by atoms with van der Waals surface area (Å²) in [6.07, 6.45) is 2.69. The molecule has 0 unspecified atom stereocenters. The molecule has 0 aliphatic rings. The van der Waals surface area contributed by atoms with E-state index in [2.05, 4.69) is 21.2 Å². The molecule has 0 bridgehead atoms. The minimum Gasteiger partial charge on any atom is -0.324 e. The summed E-state index contributed by atoms with van der Waals surface area (Å²) in [5, 5.41) is 2.84. The summed E-state index contributed by atoms with van der Waals surface area (Å²) < 4.78 is 0.908. The molecule has 0 fully saturated rings. The molecule has 1 aromatic rings. The molecule has 0 aliphatic carbocycles. The fourth-order valence-electron chi connectivity index (χ4n) is 1.35. The van der Waals surface area contributed by atoms with Gasteiger partial charge in [-0.3, -0.25) is 4.79 Å². The van der Waals surface area contributed by atoms with Crippen LogP contribution >= 0.6 is 27.7 Å². The van der Waals surface area contributed by atoms with Crippen LogP contribution in [0.1, 0.15) is 12.0 Å². The monoisotopic (exact) mass is 316 g/mol. The number of aryl methyl sites for hydroxylation is 1. The molecule has 1 rings (SSSR count). The van der Waals surface area contributed by atoms with Crippen molar-refractivity contribution in [3.8, 4) is 0 Å². The Morgan fingerprint density at radius 2 is 2.29 bits per heavy atom. The van der Waals surface area contributed by atoms with Gasteiger partial charge in [0.25, 0.3) is 0 Å². The van der Waals surface area contributed by atoms with Gasteiger partial charge in [0.05, 0.1) is 11.7 Å². The first-order valence-electron chi connectivity index (χ1n) is 5.36. The van der Waals surface area contributed by atoms with Gasteiger partial charge in [0.15, 0.2) is 0 Å². The fourth-order valence-corrected chi connectivity index (χ4v) is 2.20. The molecule has 0 aliphatic heterocycles. The maximum atomic E-state index is 11.8. The molecule has 94 valence electrons. The topological polar surface area (TPSA) is 55.1 Å². The SMILES string of the molecule is CSCC[C@H](N)C(=O)Nc1cccc(C)c1Br. The first kappa shape index (κ1) is 14.5. The Hall–Kier alpha value is -0.520. The van der Waals surface area contributed by atoms with Gasteiger partial charge in [-0.05, 0) is 52.9 Å². The number of rotatable bonds is 5. The quantitative estimate of drug-likeness (QED) is 0.878. The molecule has 5 heteroatoms. The summed E-state index contributed by atoms with van der Waals surface area (Å²) >= 11 is 5.14. The van der Waals surface area contributed by atoms with Crippen molar-refractivity contribution in [1.29, 1.82) is 0 Å². The van der Waals surface area contributed by atoms with E-state index in [4.69, 9.17) is 5.73 Å². The van der Waals surface area contributed by atoms with E-state index >= 15 is 0 Å². The summed E-state index contributed by atoms with van der Waals surface area (Å²) in [5.41, 5.74) is 7.66. The zero-order chi connectivity index (χ0) is 12.8. The maximum absolute atomic E-state index is 11.8. The van der Waals surface area contributed by atoms with Crippen molar-refractivity contribution < 1.29 is 4.79 Å². The Kier molecular flexibility index (Phi) is 6.02. The average molecular weight is 317 g/mol. The van der Waals surface area contributed by atoms with Gasteiger partial charge in [-0.2, -0.15) is 11.8 Å². The number of amides is 1. The van der Waals surface area contributed by atoms with Crippen molar-refractivity contribution in [2.24, 2.45) is 5.73 Å². The van der Waals surface area contributed by atoms with Crippen molar-refractivity contribution in [1.82, 2.24) is 0 Å². The van der Waals surface area contributed by atoms with E-state index < -0.39 is 6.04 Å². The predicted octanol–water partition coefficient (Wildman–Crippen LogP) is 2.78. The molecule has 0 radical (unpaired) electrons. The normalized spacial score (nSPS) is 12.2. The smallest absolute Gasteiger partial charge is 0.241 e. The van der Waals surface area contributed by atoms with Crippen molar-refractivity contribution in [2.45, 2.75) is 19.4 Å². The number of thioether (sulfide) groups is 1. The molecule has 0 aromatic heterocycles. The average Bonchev–Trinajstić information content (AvgIpc) is 2.31. The van der Waals surface area contributed by atoms with Gasteiger partial charge in [-0.15, -0.1) is 0 Å². The van der Waals surface area contributed by atoms with Crippen LogP contribution in [0.5, 0.6) is 0 Å². The van der Waals surface area contributed by atoms with Crippen molar-refractivity contribution in [3.63, 3.8) is 0 Å². The molecule has 1 aromatic carbocycles. The Bertz CT molecular complexity index is 398. The molecule has 1 atom stereocenters. The highest BCUT2D eigenvalue weighted by Gasteiger charge is 2.14. The van der Waals surface area contributed by atoms with Crippen LogP contribution in [-0.4, -0.2) is 24.0 Å². The zero-order valence-electron chi connectivity index (χ0n) is 10.00. The lowest BCUT2D eigenvalue weighted by Crippen LogP contribution is -2.36. The zero-order valence-corrected chi connectivity index (χ0v) is 12.4. The van der Waals surface area contributed by atoms with Crippen LogP contribution in [0.25, 0.3) is 0 Å². The standard InChI is InChI=1S/C12H17BrN2OS/c1-8-4-3-5-10(11(8)13)15-12(16)9(14)6-7-17-2/h3-5,9H,6-7,14H2,1-2H3,(H,15,16)/t9-/m0/s1. The molecule has 3 N–H and O–H groups in total. The summed E-state index contributed by atoms with van der Waals surface area (Å²) in [4.78, 5) is 11.8. The van der Waals surface area contributed by atoms with E-state index in [1.807, 2.05) is 31.4 Å². The van der Waals surface area contributed by atoms with Gasteiger partial charge >= 0.3 is 0 Å². The Morgan fingerprint density at radius 1 is 1.59 bits per heavy atom. The number of nitrogens with two attached hydrogens (primary N) is 1. The minimum atomic E-state index is -0.449. The minimum absolute atomic E-state index is 0.134. The first-order valence-corrected chi connectivity index (χ1v) is 7.55. The highest BCUT2D eigenvalue weighted by molar-refractivity contribution is 9.10. The fraction of sp³-hybridized carbons (Fsp3) is 0.417. The number of benzene rings is 1. The lowest BCUT2D eigenvalue weighted by atomic mass is 10.2. The van der Waals surface area contributed by atoms with Crippen molar-refractivity contribution >= 4 is 39.3 Å². The second kappa shape index (κ2) is 7.03. The number of carbonyl (C=O) groups is 1. The van der Waals surface area contributed by atoms with Gasteiger partial charge in [0, 0.05) is 4.47 Å². The van der Waals surface area contributed by atoms with Crippen LogP contribution < -0.4 is 11.1 Å². The van der Waals surface area contributed by atoms with Gasteiger partial charge < -0.3 is 11.1 Å². The molecule has 0 spiro atoms. The van der Waals surface area contributed by atoms with Crippen LogP contribution in [0.15, 0.2) is 22.7 Å². The second-order valence-electron chi connectivity index (χ2n) is 3.81. The molecular weight excluding hydrogens is 300 g/mol. The van der Waals surface area contributed by atoms with E-state index in [1.165, 1.54) is 0 Å². The third kappa shape index (κ3) is 4.33. The van der Waals surface area contributed by atoms with Gasteiger partial charge in [0.2, 0.25) is 5.91 Å². The van der Waals surface area contributed by atoms with Crippen LogP contribution in [0, 0.1) is 6.92 Å². The summed E-state index contributed by atoms with van der Waals surface area (Å²) in [6, 6.07) is 5.29. The van der Waals surface area contributed by atoms with Crippen molar-refractivity contribution in [2.75, 3.05) is 17.3 Å². The van der Waals surface area contributed by atoms with E-state index in [0.29, 0.717) is 6.42 Å². The van der Waals surface area contributed by atoms with Crippen LogP contribution in [0.3, 0.4) is 0 Å². The molecular formula is C12H17BrN2OS. The Balaban J connectivity index is 2.64. The second-order valence-corrected chi connectivity index (χ2v) is 5.59. The molecule has 0 heterocycles. The summed E-state index contributed by atoms with van der Waals surface area (Å²) in [5.74, 6) is 0.758. The molecule has 3 nitrogen and oxygen atoms in total. The third-order valence-electron chi connectivity index (χ3n) is 2.42.